The number of halogens is 1. The number of tetrazole rings is 2. The summed E-state index contributed by atoms with van der Waals surface area (Å²) in [5.74, 6) is 0. The predicted octanol–water partition coefficient (Wildman–Crippen LogP) is 2.17. The first-order valence-electron chi connectivity index (χ1n) is 13.6. The fraction of sp³-hybridized carbons (Fsp3) is 0.0667. The van der Waals surface area contributed by atoms with Gasteiger partial charge in [0.2, 0.25) is 19.7 Å². The molecule has 2 aromatic carbocycles. The summed E-state index contributed by atoms with van der Waals surface area (Å²) in [5.41, 5.74) is 2.01. The molecule has 0 radical (unpaired) electrons. The number of hydrogen-bond acceptors (Lipinski definition) is 12. The van der Waals surface area contributed by atoms with Gasteiger partial charge in [-0.25, -0.2) is 31.5 Å². The van der Waals surface area contributed by atoms with Crippen molar-refractivity contribution in [2.75, 3.05) is 0 Å². The van der Waals surface area contributed by atoms with E-state index in [1.54, 1.807) is 66.2 Å². The van der Waals surface area contributed by atoms with Crippen LogP contribution in [0.5, 0.6) is 0 Å². The minimum absolute atomic E-state index is 0. The molecule has 19 heteroatoms. The Bertz CT molecular complexity index is 2380. The van der Waals surface area contributed by atoms with Gasteiger partial charge in [-0.1, -0.05) is 35.4 Å². The maximum Gasteiger partial charge on any atom is 0.372 e. The van der Waals surface area contributed by atoms with Crippen LogP contribution >= 0.6 is 12.4 Å². The first-order chi connectivity index (χ1) is 22.9. The Balaban J connectivity index is 0.000000219. The third-order valence-corrected chi connectivity index (χ3v) is 8.69. The third-order valence-electron chi connectivity index (χ3n) is 6.07. The SMILES string of the molecule is C#CS(=O)(=O)c1ccc(C)cc1.Cc1ccc(S(=O)(=O)/C=C/n2nnn(-c3cccnc3)c2=O)cc1.Cl.O=c1[nH]nnn1-c1cccnc1. The molecule has 0 aliphatic carbocycles. The van der Waals surface area contributed by atoms with Crippen LogP contribution in [-0.4, -0.2) is 66.8 Å². The lowest BCUT2D eigenvalue weighted by Gasteiger charge is -1.99. The van der Waals surface area contributed by atoms with Gasteiger partial charge >= 0.3 is 11.4 Å². The molecule has 4 aromatic heterocycles. The summed E-state index contributed by atoms with van der Waals surface area (Å²) in [7, 11) is -7.16. The van der Waals surface area contributed by atoms with Crippen LogP contribution < -0.4 is 11.4 Å². The predicted molar refractivity (Wildman–Crippen MR) is 181 cm³/mol. The summed E-state index contributed by atoms with van der Waals surface area (Å²) in [4.78, 5) is 31.2. The van der Waals surface area contributed by atoms with Gasteiger partial charge in [-0.2, -0.15) is 14.0 Å². The lowest BCUT2D eigenvalue weighted by molar-refractivity contribution is 0.603. The largest absolute Gasteiger partial charge is 0.372 e. The zero-order chi connectivity index (χ0) is 34.7. The van der Waals surface area contributed by atoms with Gasteiger partial charge in [-0.3, -0.25) is 9.97 Å². The quantitative estimate of drug-likeness (QED) is 0.194. The molecule has 16 nitrogen and oxygen atoms in total. The number of nitrogens with zero attached hydrogens (tertiary/aromatic N) is 9. The van der Waals surface area contributed by atoms with E-state index in [0.717, 1.165) is 36.8 Å². The van der Waals surface area contributed by atoms with Crippen molar-refractivity contribution < 1.29 is 16.8 Å². The van der Waals surface area contributed by atoms with Crippen LogP contribution in [0.1, 0.15) is 11.1 Å². The number of rotatable bonds is 6. The Hall–Kier alpha value is -6.03. The fourth-order valence-corrected chi connectivity index (χ4v) is 5.15. The molecule has 4 heterocycles. The average molecular weight is 723 g/mol. The highest BCUT2D eigenvalue weighted by molar-refractivity contribution is 7.96. The van der Waals surface area contributed by atoms with E-state index in [0.29, 0.717) is 11.4 Å². The van der Waals surface area contributed by atoms with E-state index in [1.165, 1.54) is 36.7 Å². The highest BCUT2D eigenvalue weighted by atomic mass is 35.5. The molecule has 0 amide bonds. The first kappa shape index (κ1) is 37.4. The summed E-state index contributed by atoms with van der Waals surface area (Å²) in [5, 5.41) is 19.1. The minimum atomic E-state index is -3.68. The Morgan fingerprint density at radius 1 is 0.735 bits per heavy atom. The number of benzene rings is 2. The number of sulfone groups is 2. The summed E-state index contributed by atoms with van der Waals surface area (Å²) in [6, 6.07) is 19.6. The molecular formula is C30H27ClN10O6S2. The summed E-state index contributed by atoms with van der Waals surface area (Å²) in [6.07, 6.45) is 12.1. The van der Waals surface area contributed by atoms with Crippen LogP contribution in [0.2, 0.25) is 0 Å². The number of terminal acetylenes is 1. The molecule has 0 bridgehead atoms. The Morgan fingerprint density at radius 2 is 1.27 bits per heavy atom. The number of aromatic nitrogens is 10. The standard InChI is InChI=1S/C15H13N5O3S.C9H8O2S.C6H5N5O.ClH/c1-12-4-6-14(7-5-12)24(22,23)10-9-19-15(21)20(18-17-19)13-3-2-8-16-11-13;1-3-12(10,11)9-6-4-8(2)5-7-9;12-6-8-9-10-11(6)5-2-1-3-7-4-5;/h2-11H,1H3;1,4-7H,2H3;1-4H,(H,8,10,12);1H/b10-9+;;;. The van der Waals surface area contributed by atoms with E-state index in [9.17, 15) is 26.4 Å². The van der Waals surface area contributed by atoms with E-state index in [-0.39, 0.29) is 27.9 Å². The minimum Gasteiger partial charge on any atom is -0.262 e. The van der Waals surface area contributed by atoms with E-state index in [2.05, 4.69) is 35.9 Å². The number of hydrogen-bond donors (Lipinski definition) is 1. The van der Waals surface area contributed by atoms with Crippen LogP contribution in [-0.2, 0) is 19.7 Å². The third kappa shape index (κ3) is 9.98. The highest BCUT2D eigenvalue weighted by Crippen LogP contribution is 2.13. The van der Waals surface area contributed by atoms with Crippen LogP contribution in [0.25, 0.3) is 17.6 Å². The zero-order valence-electron chi connectivity index (χ0n) is 25.7. The van der Waals surface area contributed by atoms with Crippen molar-refractivity contribution in [3.05, 3.63) is 135 Å². The van der Waals surface area contributed by atoms with Crippen LogP contribution in [0.15, 0.2) is 122 Å². The molecule has 0 aliphatic heterocycles. The maximum absolute atomic E-state index is 12.2. The Labute approximate surface area is 286 Å². The molecule has 0 saturated heterocycles. The molecule has 0 aliphatic rings. The number of nitrogens with one attached hydrogen (secondary N) is 1. The molecule has 6 rings (SSSR count). The molecule has 252 valence electrons. The second-order valence-electron chi connectivity index (χ2n) is 9.54. The molecule has 6 aromatic rings. The Morgan fingerprint density at radius 3 is 1.73 bits per heavy atom. The van der Waals surface area contributed by atoms with Crippen LogP contribution in [0, 0.1) is 25.5 Å². The maximum atomic E-state index is 12.2. The van der Waals surface area contributed by atoms with Crippen LogP contribution in [0.4, 0.5) is 0 Å². The topological polar surface area (TPSA) is 210 Å². The highest BCUT2D eigenvalue weighted by Gasteiger charge is 2.12. The summed E-state index contributed by atoms with van der Waals surface area (Å²) >= 11 is 0. The van der Waals surface area contributed by atoms with Gasteiger partial charge in [0.15, 0.2) is 0 Å². The Kier molecular flexibility index (Phi) is 12.7. The van der Waals surface area contributed by atoms with Crippen molar-refractivity contribution in [3.8, 4) is 23.1 Å². The van der Waals surface area contributed by atoms with Crippen molar-refractivity contribution >= 4 is 38.3 Å². The molecular weight excluding hydrogens is 696 g/mol. The van der Waals surface area contributed by atoms with Gasteiger partial charge in [0.05, 0.1) is 39.0 Å². The van der Waals surface area contributed by atoms with Crippen molar-refractivity contribution in [1.29, 1.82) is 0 Å². The lowest BCUT2D eigenvalue weighted by Crippen LogP contribution is -2.21. The van der Waals surface area contributed by atoms with E-state index in [4.69, 9.17) is 6.42 Å². The molecule has 0 atom stereocenters. The van der Waals surface area contributed by atoms with Gasteiger partial charge in [-0.05, 0) is 83.2 Å². The van der Waals surface area contributed by atoms with Crippen molar-refractivity contribution in [2.24, 2.45) is 0 Å². The van der Waals surface area contributed by atoms with Crippen molar-refractivity contribution in [2.45, 2.75) is 23.6 Å². The van der Waals surface area contributed by atoms with Gasteiger partial charge in [0.1, 0.15) is 0 Å². The van der Waals surface area contributed by atoms with E-state index >= 15 is 0 Å². The van der Waals surface area contributed by atoms with Crippen molar-refractivity contribution in [1.82, 2.24) is 50.0 Å². The van der Waals surface area contributed by atoms with Gasteiger partial charge in [0, 0.05) is 23.8 Å². The summed E-state index contributed by atoms with van der Waals surface area (Å²) < 4.78 is 49.6. The van der Waals surface area contributed by atoms with E-state index < -0.39 is 25.4 Å². The second kappa shape index (κ2) is 16.7. The number of H-pyrrole nitrogens is 1. The monoisotopic (exact) mass is 722 g/mol. The number of aromatic amines is 1. The molecule has 49 heavy (non-hydrogen) atoms. The molecule has 0 saturated carbocycles. The second-order valence-corrected chi connectivity index (χ2v) is 13.1. The van der Waals surface area contributed by atoms with Gasteiger partial charge in [0.25, 0.3) is 0 Å². The van der Waals surface area contributed by atoms with Crippen molar-refractivity contribution in [3.63, 3.8) is 0 Å². The lowest BCUT2D eigenvalue weighted by atomic mass is 10.2. The molecule has 1 N–H and O–H groups in total. The smallest absolute Gasteiger partial charge is 0.262 e. The summed E-state index contributed by atoms with van der Waals surface area (Å²) in [6.45, 7) is 3.74. The normalized spacial score (nSPS) is 10.9. The molecule has 0 fully saturated rings. The van der Waals surface area contributed by atoms with E-state index in [1.807, 2.05) is 13.8 Å². The van der Waals surface area contributed by atoms with Gasteiger partial charge in [-0.15, -0.1) is 18.8 Å². The number of pyridine rings is 2. The molecule has 0 unspecified atom stereocenters. The average Bonchev–Trinajstić information content (AvgIpc) is 3.70. The molecule has 0 spiro atoms. The first-order valence-corrected chi connectivity index (χ1v) is 16.6. The van der Waals surface area contributed by atoms with Gasteiger partial charge < -0.3 is 0 Å². The van der Waals surface area contributed by atoms with Crippen LogP contribution in [0.3, 0.4) is 0 Å². The zero-order valence-corrected chi connectivity index (χ0v) is 28.1. The fourth-order valence-electron chi connectivity index (χ4n) is 3.57. The number of aryl methyl sites for hydroxylation is 2.